The average Bonchev–Trinajstić information content (AvgIpc) is 1.35. The molecule has 0 aromatic heterocycles. The molecule has 0 rings (SSSR count). The fourth-order valence-corrected chi connectivity index (χ4v) is 0.262. The summed E-state index contributed by atoms with van der Waals surface area (Å²) in [5.41, 5.74) is 0. The molecule has 7 heavy (non-hydrogen) atoms. The summed E-state index contributed by atoms with van der Waals surface area (Å²) in [5, 5.41) is 7.78. The van der Waals surface area contributed by atoms with Gasteiger partial charge in [-0.05, 0) is 0 Å². The molecule has 0 aromatic carbocycles. The van der Waals surface area contributed by atoms with Crippen LogP contribution in [0.3, 0.4) is 0 Å². The molecule has 0 aromatic rings. The minimum atomic E-state index is -0.998. The molecule has 0 saturated heterocycles. The first-order valence-corrected chi connectivity index (χ1v) is 2.51. The van der Waals surface area contributed by atoms with Gasteiger partial charge in [0.15, 0.2) is 0 Å². The van der Waals surface area contributed by atoms with Gasteiger partial charge in [-0.3, -0.25) is 4.72 Å². The minimum absolute atomic E-state index is 0. The summed E-state index contributed by atoms with van der Waals surface area (Å²) in [6.45, 7) is 0. The van der Waals surface area contributed by atoms with Gasteiger partial charge in [-0.2, -0.15) is 0 Å². The molecule has 0 unspecified atom stereocenters. The summed E-state index contributed by atoms with van der Waals surface area (Å²) in [4.78, 5) is 9.47. The van der Waals surface area contributed by atoms with E-state index >= 15 is 0 Å². The van der Waals surface area contributed by atoms with Crippen molar-refractivity contribution in [3.05, 3.63) is 0 Å². The van der Waals surface area contributed by atoms with E-state index in [-0.39, 0.29) is 31.0 Å². The van der Waals surface area contributed by atoms with E-state index in [1.165, 1.54) is 0 Å². The molecule has 0 atom stereocenters. The van der Waals surface area contributed by atoms with Gasteiger partial charge in [-0.15, -0.1) is 0 Å². The standard InChI is InChI=1S/C2H5NO2S.Na.H/c1-6-3-2(4)5;;/h3H,1H3,(H,4,5);;/q;+1;-1. The van der Waals surface area contributed by atoms with Crippen LogP contribution in [0.4, 0.5) is 4.79 Å². The number of carboxylic acid groups (broad SMARTS) is 1. The summed E-state index contributed by atoms with van der Waals surface area (Å²) >= 11 is 1.06. The summed E-state index contributed by atoms with van der Waals surface area (Å²) < 4.78 is 2.04. The third kappa shape index (κ3) is 10.8. The van der Waals surface area contributed by atoms with Crippen LogP contribution in [0, 0.1) is 0 Å². The number of rotatable bonds is 1. The van der Waals surface area contributed by atoms with Gasteiger partial charge >= 0.3 is 35.7 Å². The van der Waals surface area contributed by atoms with Gasteiger partial charge < -0.3 is 6.53 Å². The van der Waals surface area contributed by atoms with E-state index in [1.54, 1.807) is 6.26 Å². The van der Waals surface area contributed by atoms with Crippen molar-refractivity contribution in [2.75, 3.05) is 6.26 Å². The predicted octanol–water partition coefficient (Wildman–Crippen LogP) is -2.35. The Hall–Kier alpha value is 0.620. The first-order valence-electron chi connectivity index (χ1n) is 1.29. The van der Waals surface area contributed by atoms with Crippen molar-refractivity contribution in [2.45, 2.75) is 0 Å². The summed E-state index contributed by atoms with van der Waals surface area (Å²) in [6, 6.07) is 0. The molecule has 0 saturated carbocycles. The fourth-order valence-electron chi connectivity index (χ4n) is 0.0873. The molecule has 2 N–H and O–H groups in total. The smallest absolute Gasteiger partial charge is 1.00 e. The Balaban J connectivity index is -0.000000125. The van der Waals surface area contributed by atoms with E-state index in [2.05, 4.69) is 0 Å². The van der Waals surface area contributed by atoms with Gasteiger partial charge in [0.05, 0.1) is 0 Å². The van der Waals surface area contributed by atoms with Gasteiger partial charge in [0.25, 0.3) is 0 Å². The van der Waals surface area contributed by atoms with Crippen LogP contribution in [0.5, 0.6) is 0 Å². The Kier molecular flexibility index (Phi) is 10.00. The minimum Gasteiger partial charge on any atom is -1.00 e. The molecule has 3 nitrogen and oxygen atoms in total. The normalized spacial score (nSPS) is 6.43. The van der Waals surface area contributed by atoms with Crippen molar-refractivity contribution in [2.24, 2.45) is 0 Å². The molecule has 0 heterocycles. The van der Waals surface area contributed by atoms with Crippen LogP contribution in [0.1, 0.15) is 1.43 Å². The van der Waals surface area contributed by atoms with Crippen LogP contribution in [-0.4, -0.2) is 17.5 Å². The Labute approximate surface area is 69.8 Å². The summed E-state index contributed by atoms with van der Waals surface area (Å²) in [6.07, 6.45) is 0.649. The number of hydrogen-bond acceptors (Lipinski definition) is 2. The van der Waals surface area contributed by atoms with Crippen molar-refractivity contribution >= 4 is 18.0 Å². The second-order valence-corrected chi connectivity index (χ2v) is 1.22. The Morgan fingerprint density at radius 1 is 2.00 bits per heavy atom. The van der Waals surface area contributed by atoms with Crippen molar-refractivity contribution in [3.8, 4) is 0 Å². The van der Waals surface area contributed by atoms with E-state index in [1.807, 2.05) is 4.72 Å². The molecular weight excluding hydrogens is 125 g/mol. The summed E-state index contributed by atoms with van der Waals surface area (Å²) in [7, 11) is 0. The maximum atomic E-state index is 9.47. The largest absolute Gasteiger partial charge is 1.00 e. The van der Waals surface area contributed by atoms with Gasteiger partial charge in [0.2, 0.25) is 0 Å². The summed E-state index contributed by atoms with van der Waals surface area (Å²) in [5.74, 6) is 0. The third-order valence-electron chi connectivity index (χ3n) is 0.189. The quantitative estimate of drug-likeness (QED) is 0.309. The van der Waals surface area contributed by atoms with E-state index in [9.17, 15) is 4.79 Å². The van der Waals surface area contributed by atoms with Gasteiger partial charge in [-0.1, -0.05) is 11.9 Å². The Morgan fingerprint density at radius 3 is 2.43 bits per heavy atom. The monoisotopic (exact) mass is 131 g/mol. The van der Waals surface area contributed by atoms with Crippen LogP contribution in [-0.2, 0) is 0 Å². The zero-order valence-electron chi connectivity index (χ0n) is 5.26. The SMILES string of the molecule is CSNC(=O)O.[H-].[Na+]. The molecular formula is C2H6NNaO2S. The molecule has 0 aliphatic rings. The Morgan fingerprint density at radius 2 is 2.43 bits per heavy atom. The molecule has 0 spiro atoms. The van der Waals surface area contributed by atoms with Crippen molar-refractivity contribution < 1.29 is 40.9 Å². The molecule has 38 valence electrons. The van der Waals surface area contributed by atoms with Gasteiger partial charge in [0, 0.05) is 6.26 Å². The second-order valence-electron chi connectivity index (χ2n) is 0.611. The fraction of sp³-hybridized carbons (Fsp3) is 0.500. The average molecular weight is 131 g/mol. The zero-order valence-corrected chi connectivity index (χ0v) is 7.08. The number of carbonyl (C=O) groups is 1. The van der Waals surface area contributed by atoms with E-state index in [0.717, 1.165) is 11.9 Å². The maximum absolute atomic E-state index is 9.47. The van der Waals surface area contributed by atoms with Gasteiger partial charge in [-0.25, -0.2) is 4.79 Å². The van der Waals surface area contributed by atoms with E-state index in [4.69, 9.17) is 5.11 Å². The van der Waals surface area contributed by atoms with E-state index in [0.29, 0.717) is 0 Å². The number of nitrogens with one attached hydrogen (secondary N) is 1. The number of amides is 1. The van der Waals surface area contributed by atoms with Crippen LogP contribution in [0.15, 0.2) is 0 Å². The van der Waals surface area contributed by atoms with Crippen LogP contribution >= 0.6 is 11.9 Å². The molecule has 0 aliphatic heterocycles. The third-order valence-corrected chi connectivity index (χ3v) is 0.568. The molecule has 5 heteroatoms. The second kappa shape index (κ2) is 6.62. The predicted molar refractivity (Wildman–Crippen MR) is 25.8 cm³/mol. The number of hydrogen-bond donors (Lipinski definition) is 2. The van der Waals surface area contributed by atoms with Crippen LogP contribution in [0.25, 0.3) is 0 Å². The molecule has 0 radical (unpaired) electrons. The first kappa shape index (κ1) is 10.6. The van der Waals surface area contributed by atoms with Crippen LogP contribution < -0.4 is 34.3 Å². The van der Waals surface area contributed by atoms with E-state index < -0.39 is 6.09 Å². The molecule has 1 amide bonds. The maximum Gasteiger partial charge on any atom is 1.00 e. The van der Waals surface area contributed by atoms with Crippen molar-refractivity contribution in [1.82, 2.24) is 4.72 Å². The molecule has 0 bridgehead atoms. The Bertz CT molecular complexity index is 64.0. The van der Waals surface area contributed by atoms with Gasteiger partial charge in [0.1, 0.15) is 0 Å². The zero-order chi connectivity index (χ0) is 4.99. The topological polar surface area (TPSA) is 49.3 Å². The van der Waals surface area contributed by atoms with Crippen molar-refractivity contribution in [3.63, 3.8) is 0 Å². The first-order chi connectivity index (χ1) is 2.77. The van der Waals surface area contributed by atoms with Crippen LogP contribution in [0.2, 0.25) is 0 Å². The molecule has 0 aliphatic carbocycles. The van der Waals surface area contributed by atoms with Crippen molar-refractivity contribution in [1.29, 1.82) is 0 Å². The molecule has 0 fully saturated rings.